The number of carbonyl (C=O) groups is 1. The molecule has 172 valence electrons. The van der Waals surface area contributed by atoms with Crippen molar-refractivity contribution in [1.82, 2.24) is 0 Å². The Balaban J connectivity index is 1.62. The van der Waals surface area contributed by atoms with Gasteiger partial charge in [0.05, 0.1) is 5.92 Å². The maximum Gasteiger partial charge on any atom is 0.307 e. The quantitative estimate of drug-likeness (QED) is 0.412. The standard InChI is InChI=1S/C30H34O3/c1-6-15-30(5,16-7-2)27-10-8-9-23-22(27)13-14-28(23)33-20-11-12-21(24(17-20)19(3)4)25-18-26(25)29(31)32/h6-12,16-17,25-26,28H,1,3,13-15,18H2,2,4-5H3,(H,31,32). The van der Waals surface area contributed by atoms with Gasteiger partial charge < -0.3 is 9.84 Å². The highest BCUT2D eigenvalue weighted by molar-refractivity contribution is 5.77. The molecule has 2 aliphatic carbocycles. The molecule has 1 saturated carbocycles. The van der Waals surface area contributed by atoms with Crippen molar-refractivity contribution in [3.05, 3.63) is 95.6 Å². The topological polar surface area (TPSA) is 46.5 Å². The van der Waals surface area contributed by atoms with Crippen molar-refractivity contribution in [2.75, 3.05) is 0 Å². The van der Waals surface area contributed by atoms with E-state index in [1.807, 2.05) is 31.2 Å². The van der Waals surface area contributed by atoms with Gasteiger partial charge in [-0.1, -0.05) is 61.6 Å². The normalized spacial score (nSPS) is 23.1. The number of aliphatic carboxylic acids is 1. The highest BCUT2D eigenvalue weighted by atomic mass is 16.5. The van der Waals surface area contributed by atoms with Crippen LogP contribution >= 0.6 is 0 Å². The summed E-state index contributed by atoms with van der Waals surface area (Å²) in [5.41, 5.74) is 6.96. The van der Waals surface area contributed by atoms with E-state index in [9.17, 15) is 9.90 Å². The molecule has 1 fully saturated rings. The van der Waals surface area contributed by atoms with E-state index in [0.717, 1.165) is 41.7 Å². The summed E-state index contributed by atoms with van der Waals surface area (Å²) in [5.74, 6) is -0.105. The van der Waals surface area contributed by atoms with Gasteiger partial charge in [-0.25, -0.2) is 0 Å². The van der Waals surface area contributed by atoms with Crippen LogP contribution in [0.4, 0.5) is 0 Å². The third-order valence-corrected chi connectivity index (χ3v) is 7.20. The smallest absolute Gasteiger partial charge is 0.307 e. The zero-order chi connectivity index (χ0) is 23.8. The SMILES string of the molecule is C=CCC(C)(C=CC)c1cccc2c1CCC2Oc1ccc(C2CC2C(=O)O)c(C(=C)C)c1. The van der Waals surface area contributed by atoms with Gasteiger partial charge in [-0.3, -0.25) is 4.79 Å². The van der Waals surface area contributed by atoms with Gasteiger partial charge >= 0.3 is 5.97 Å². The van der Waals surface area contributed by atoms with E-state index in [4.69, 9.17) is 4.74 Å². The predicted molar refractivity (Wildman–Crippen MR) is 135 cm³/mol. The highest BCUT2D eigenvalue weighted by Gasteiger charge is 2.45. The molecule has 33 heavy (non-hydrogen) atoms. The van der Waals surface area contributed by atoms with Gasteiger partial charge in [0.15, 0.2) is 0 Å². The molecule has 1 N–H and O–H groups in total. The first-order valence-corrected chi connectivity index (χ1v) is 11.9. The average Bonchev–Trinajstić information content (AvgIpc) is 3.48. The Morgan fingerprint density at radius 1 is 1.27 bits per heavy atom. The molecule has 0 amide bonds. The fourth-order valence-electron chi connectivity index (χ4n) is 5.49. The minimum atomic E-state index is -0.715. The second-order valence-corrected chi connectivity index (χ2v) is 9.75. The fraction of sp³-hybridized carbons (Fsp3) is 0.367. The Kier molecular flexibility index (Phi) is 6.34. The molecule has 4 rings (SSSR count). The van der Waals surface area contributed by atoms with Crippen molar-refractivity contribution in [2.24, 2.45) is 5.92 Å². The summed E-state index contributed by atoms with van der Waals surface area (Å²) in [6, 6.07) is 12.6. The Labute approximate surface area is 197 Å². The molecule has 0 radical (unpaired) electrons. The van der Waals surface area contributed by atoms with Gasteiger partial charge in [0.2, 0.25) is 0 Å². The van der Waals surface area contributed by atoms with Gasteiger partial charge in [-0.15, -0.1) is 6.58 Å². The molecular formula is C30H34O3. The minimum Gasteiger partial charge on any atom is -0.486 e. The van der Waals surface area contributed by atoms with Crippen molar-refractivity contribution >= 4 is 11.5 Å². The number of hydrogen-bond acceptors (Lipinski definition) is 2. The van der Waals surface area contributed by atoms with Gasteiger partial charge in [0, 0.05) is 5.41 Å². The first-order chi connectivity index (χ1) is 15.8. The lowest BCUT2D eigenvalue weighted by Gasteiger charge is -2.28. The maximum atomic E-state index is 11.4. The van der Waals surface area contributed by atoms with Gasteiger partial charge in [0.25, 0.3) is 0 Å². The molecule has 0 aliphatic heterocycles. The second-order valence-electron chi connectivity index (χ2n) is 9.75. The van der Waals surface area contributed by atoms with Crippen molar-refractivity contribution in [1.29, 1.82) is 0 Å². The summed E-state index contributed by atoms with van der Waals surface area (Å²) in [6.45, 7) is 14.4. The van der Waals surface area contributed by atoms with E-state index in [2.05, 4.69) is 57.4 Å². The third kappa shape index (κ3) is 4.42. The van der Waals surface area contributed by atoms with Crippen LogP contribution in [0.15, 0.2) is 67.8 Å². The largest absolute Gasteiger partial charge is 0.486 e. The molecule has 0 saturated heterocycles. The zero-order valence-electron chi connectivity index (χ0n) is 19.9. The summed E-state index contributed by atoms with van der Waals surface area (Å²) in [6.07, 6.45) is 9.94. The van der Waals surface area contributed by atoms with E-state index in [-0.39, 0.29) is 23.4 Å². The molecular weight excluding hydrogens is 408 g/mol. The Bertz CT molecular complexity index is 1130. The lowest BCUT2D eigenvalue weighted by atomic mass is 9.76. The fourth-order valence-corrected chi connectivity index (χ4v) is 5.49. The van der Waals surface area contributed by atoms with Gasteiger partial charge in [0.1, 0.15) is 11.9 Å². The van der Waals surface area contributed by atoms with Crippen LogP contribution in [0.5, 0.6) is 5.75 Å². The monoisotopic (exact) mass is 442 g/mol. The van der Waals surface area contributed by atoms with Crippen LogP contribution < -0.4 is 4.74 Å². The van der Waals surface area contributed by atoms with Crippen LogP contribution in [0.25, 0.3) is 5.57 Å². The lowest BCUT2D eigenvalue weighted by molar-refractivity contribution is -0.138. The molecule has 2 aliphatic rings. The molecule has 3 nitrogen and oxygen atoms in total. The number of rotatable bonds is 9. The van der Waals surface area contributed by atoms with Crippen LogP contribution in [-0.2, 0) is 16.6 Å². The van der Waals surface area contributed by atoms with E-state index >= 15 is 0 Å². The Morgan fingerprint density at radius 2 is 2.06 bits per heavy atom. The van der Waals surface area contributed by atoms with Crippen LogP contribution in [0, 0.1) is 5.92 Å². The van der Waals surface area contributed by atoms with Crippen molar-refractivity contribution in [2.45, 2.75) is 63.9 Å². The zero-order valence-corrected chi connectivity index (χ0v) is 19.9. The Morgan fingerprint density at radius 3 is 2.70 bits per heavy atom. The average molecular weight is 443 g/mol. The first-order valence-electron chi connectivity index (χ1n) is 11.9. The number of benzene rings is 2. The molecule has 0 bridgehead atoms. The lowest BCUT2D eigenvalue weighted by Crippen LogP contribution is -2.20. The summed E-state index contributed by atoms with van der Waals surface area (Å²) in [7, 11) is 0. The number of ether oxygens (including phenoxy) is 1. The molecule has 0 aromatic heterocycles. The molecule has 3 heteroatoms. The number of allylic oxidation sites excluding steroid dienone is 4. The third-order valence-electron chi connectivity index (χ3n) is 7.20. The van der Waals surface area contributed by atoms with Crippen LogP contribution in [0.3, 0.4) is 0 Å². The summed E-state index contributed by atoms with van der Waals surface area (Å²) in [4.78, 5) is 11.4. The van der Waals surface area contributed by atoms with Crippen LogP contribution in [0.2, 0.25) is 0 Å². The molecule has 2 aromatic carbocycles. The second kappa shape index (κ2) is 9.05. The summed E-state index contributed by atoms with van der Waals surface area (Å²) in [5, 5.41) is 9.34. The predicted octanol–water partition coefficient (Wildman–Crippen LogP) is 7.38. The van der Waals surface area contributed by atoms with Gasteiger partial charge in [-0.05, 0) is 85.4 Å². The first kappa shape index (κ1) is 23.1. The van der Waals surface area contributed by atoms with E-state index in [1.165, 1.54) is 16.7 Å². The van der Waals surface area contributed by atoms with Crippen molar-refractivity contribution in [3.8, 4) is 5.75 Å². The molecule has 4 unspecified atom stereocenters. The number of carboxylic acids is 1. The van der Waals surface area contributed by atoms with Gasteiger partial charge in [-0.2, -0.15) is 0 Å². The highest BCUT2D eigenvalue weighted by Crippen LogP contribution is 2.50. The van der Waals surface area contributed by atoms with E-state index < -0.39 is 5.97 Å². The molecule has 4 atom stereocenters. The Hall–Kier alpha value is -3.07. The summed E-state index contributed by atoms with van der Waals surface area (Å²) < 4.78 is 6.51. The minimum absolute atomic E-state index is 0.00931. The number of carboxylic acid groups (broad SMARTS) is 1. The molecule has 0 spiro atoms. The number of hydrogen-bond donors (Lipinski definition) is 1. The number of fused-ring (bicyclic) bond motifs is 1. The van der Waals surface area contributed by atoms with E-state index in [1.54, 1.807) is 0 Å². The summed E-state index contributed by atoms with van der Waals surface area (Å²) >= 11 is 0. The maximum absolute atomic E-state index is 11.4. The van der Waals surface area contributed by atoms with Crippen LogP contribution in [-0.4, -0.2) is 11.1 Å². The molecule has 2 aromatic rings. The van der Waals surface area contributed by atoms with E-state index in [0.29, 0.717) is 6.42 Å². The van der Waals surface area contributed by atoms with Crippen molar-refractivity contribution < 1.29 is 14.6 Å². The van der Waals surface area contributed by atoms with Crippen molar-refractivity contribution in [3.63, 3.8) is 0 Å². The van der Waals surface area contributed by atoms with Crippen LogP contribution in [0.1, 0.15) is 79.9 Å². The molecule has 0 heterocycles.